The van der Waals surface area contributed by atoms with E-state index < -0.39 is 0 Å². The topological polar surface area (TPSA) is 0 Å². The van der Waals surface area contributed by atoms with Gasteiger partial charge in [-0.3, -0.25) is 0 Å². The Labute approximate surface area is 143 Å². The molecule has 0 heterocycles. The lowest BCUT2D eigenvalue weighted by atomic mass is 9.84. The molecule has 0 atom stereocenters. The summed E-state index contributed by atoms with van der Waals surface area (Å²) in [7, 11) is 0. The largest absolute Gasteiger partial charge is 0.0616 e. The first-order chi connectivity index (χ1) is 11.5. The molecule has 0 bridgehead atoms. The number of rotatable bonds is 1. The smallest absolute Gasteiger partial charge is 0.00267 e. The van der Waals surface area contributed by atoms with E-state index in [1.165, 1.54) is 38.2 Å². The number of hydrogen-bond donors (Lipinski definition) is 0. The highest BCUT2D eigenvalue weighted by Crippen LogP contribution is 2.37. The average Bonchev–Trinajstić information content (AvgIpc) is 2.59. The van der Waals surface area contributed by atoms with Crippen LogP contribution in [0, 0.1) is 0 Å². The van der Waals surface area contributed by atoms with Crippen molar-refractivity contribution >= 4 is 21.5 Å². The number of fused-ring (bicyclic) bond motifs is 2. The predicted molar refractivity (Wildman–Crippen MR) is 106 cm³/mol. The molecule has 0 aliphatic rings. The van der Waals surface area contributed by atoms with Crippen molar-refractivity contribution in [1.29, 1.82) is 0 Å². The van der Waals surface area contributed by atoms with Gasteiger partial charge in [0.25, 0.3) is 0 Å². The van der Waals surface area contributed by atoms with Crippen LogP contribution in [0.4, 0.5) is 0 Å². The fourth-order valence-electron chi connectivity index (χ4n) is 3.47. The van der Waals surface area contributed by atoms with E-state index in [9.17, 15) is 0 Å². The Hall–Kier alpha value is -2.60. The zero-order chi connectivity index (χ0) is 16.7. The molecule has 0 spiro atoms. The minimum absolute atomic E-state index is 0.149. The van der Waals surface area contributed by atoms with Gasteiger partial charge in [0.2, 0.25) is 0 Å². The molecule has 0 saturated carbocycles. The SMILES string of the molecule is CC(C)(C)c1cccc(-c2c3ccccc3cc3ccccc23)c1. The number of hydrogen-bond acceptors (Lipinski definition) is 0. The first kappa shape index (κ1) is 15.0. The maximum Gasteiger partial charge on any atom is -0.00267 e. The molecule has 0 aromatic heterocycles. The zero-order valence-electron chi connectivity index (χ0n) is 14.5. The Balaban J connectivity index is 2.11. The van der Waals surface area contributed by atoms with Gasteiger partial charge in [-0.1, -0.05) is 93.6 Å². The van der Waals surface area contributed by atoms with Crippen molar-refractivity contribution in [3.8, 4) is 11.1 Å². The molecule has 0 heteroatoms. The highest BCUT2D eigenvalue weighted by Gasteiger charge is 2.16. The maximum absolute atomic E-state index is 2.36. The molecular formula is C24H22. The minimum Gasteiger partial charge on any atom is -0.0616 e. The van der Waals surface area contributed by atoms with Crippen LogP contribution in [0.3, 0.4) is 0 Å². The lowest BCUT2D eigenvalue weighted by Gasteiger charge is -2.20. The Morgan fingerprint density at radius 2 is 1.17 bits per heavy atom. The molecule has 0 N–H and O–H groups in total. The first-order valence-corrected chi connectivity index (χ1v) is 8.55. The quantitative estimate of drug-likeness (QED) is 0.333. The molecule has 24 heavy (non-hydrogen) atoms. The molecule has 0 aliphatic carbocycles. The highest BCUT2D eigenvalue weighted by molar-refractivity contribution is 6.12. The van der Waals surface area contributed by atoms with Gasteiger partial charge in [0.05, 0.1) is 0 Å². The van der Waals surface area contributed by atoms with Crippen molar-refractivity contribution in [1.82, 2.24) is 0 Å². The lowest BCUT2D eigenvalue weighted by Crippen LogP contribution is -2.10. The van der Waals surface area contributed by atoms with Crippen LogP contribution in [0.25, 0.3) is 32.7 Å². The normalized spacial score (nSPS) is 12.0. The van der Waals surface area contributed by atoms with Crippen LogP contribution in [0.1, 0.15) is 26.3 Å². The lowest BCUT2D eigenvalue weighted by molar-refractivity contribution is 0.590. The van der Waals surface area contributed by atoms with Crippen molar-refractivity contribution in [3.05, 3.63) is 84.4 Å². The predicted octanol–water partition coefficient (Wildman–Crippen LogP) is 6.96. The van der Waals surface area contributed by atoms with Crippen molar-refractivity contribution in [2.24, 2.45) is 0 Å². The molecule has 4 aromatic carbocycles. The summed E-state index contributed by atoms with van der Waals surface area (Å²) in [5.41, 5.74) is 4.17. The van der Waals surface area contributed by atoms with E-state index in [0.717, 1.165) is 0 Å². The monoisotopic (exact) mass is 310 g/mol. The van der Waals surface area contributed by atoms with Crippen LogP contribution in [0.15, 0.2) is 78.9 Å². The molecule has 0 unspecified atom stereocenters. The summed E-state index contributed by atoms with van der Waals surface area (Å²) in [5.74, 6) is 0. The molecule has 118 valence electrons. The summed E-state index contributed by atoms with van der Waals surface area (Å²) in [5, 5.41) is 5.24. The summed E-state index contributed by atoms with van der Waals surface area (Å²) < 4.78 is 0. The third kappa shape index (κ3) is 2.49. The number of benzene rings is 4. The van der Waals surface area contributed by atoms with Crippen molar-refractivity contribution in [2.45, 2.75) is 26.2 Å². The second-order valence-electron chi connectivity index (χ2n) is 7.52. The minimum atomic E-state index is 0.149. The second-order valence-corrected chi connectivity index (χ2v) is 7.52. The van der Waals surface area contributed by atoms with Crippen LogP contribution in [0.2, 0.25) is 0 Å². The van der Waals surface area contributed by atoms with Gasteiger partial charge in [-0.05, 0) is 49.7 Å². The maximum atomic E-state index is 2.36. The van der Waals surface area contributed by atoms with Gasteiger partial charge >= 0.3 is 0 Å². The summed E-state index contributed by atoms with van der Waals surface area (Å²) in [6, 6.07) is 28.7. The van der Waals surface area contributed by atoms with E-state index in [-0.39, 0.29) is 5.41 Å². The van der Waals surface area contributed by atoms with Crippen molar-refractivity contribution in [2.75, 3.05) is 0 Å². The van der Waals surface area contributed by atoms with Gasteiger partial charge in [-0.15, -0.1) is 0 Å². The first-order valence-electron chi connectivity index (χ1n) is 8.55. The summed E-state index contributed by atoms with van der Waals surface area (Å²) in [6.45, 7) is 6.81. The second kappa shape index (κ2) is 5.49. The van der Waals surface area contributed by atoms with Gasteiger partial charge < -0.3 is 0 Å². The van der Waals surface area contributed by atoms with Crippen LogP contribution in [-0.4, -0.2) is 0 Å². The van der Waals surface area contributed by atoms with E-state index in [1.807, 2.05) is 0 Å². The Morgan fingerprint density at radius 3 is 1.75 bits per heavy atom. The fourth-order valence-corrected chi connectivity index (χ4v) is 3.47. The molecule has 4 rings (SSSR count). The molecule has 0 amide bonds. The van der Waals surface area contributed by atoms with Crippen LogP contribution in [-0.2, 0) is 5.41 Å². The Morgan fingerprint density at radius 1 is 0.583 bits per heavy atom. The standard InChI is InChI=1S/C24H22/c1-24(2,3)20-12-8-11-19(16-20)23-21-13-6-4-9-17(21)15-18-10-5-7-14-22(18)23/h4-16H,1-3H3. The molecule has 0 saturated heterocycles. The average molecular weight is 310 g/mol. The summed E-state index contributed by atoms with van der Waals surface area (Å²) in [6.07, 6.45) is 0. The molecular weight excluding hydrogens is 288 g/mol. The zero-order valence-corrected chi connectivity index (χ0v) is 14.5. The highest BCUT2D eigenvalue weighted by atomic mass is 14.2. The van der Waals surface area contributed by atoms with Gasteiger partial charge in [-0.2, -0.15) is 0 Å². The third-order valence-corrected chi connectivity index (χ3v) is 4.79. The van der Waals surface area contributed by atoms with E-state index in [1.54, 1.807) is 0 Å². The Bertz CT molecular complexity index is 978. The molecule has 4 aromatic rings. The molecule has 0 nitrogen and oxygen atoms in total. The van der Waals surface area contributed by atoms with Gasteiger partial charge in [0.1, 0.15) is 0 Å². The van der Waals surface area contributed by atoms with Crippen molar-refractivity contribution in [3.63, 3.8) is 0 Å². The van der Waals surface area contributed by atoms with E-state index in [0.29, 0.717) is 0 Å². The van der Waals surface area contributed by atoms with Crippen LogP contribution in [0.5, 0.6) is 0 Å². The van der Waals surface area contributed by atoms with Gasteiger partial charge in [0.15, 0.2) is 0 Å². The van der Waals surface area contributed by atoms with Gasteiger partial charge in [0, 0.05) is 0 Å². The molecule has 0 radical (unpaired) electrons. The van der Waals surface area contributed by atoms with E-state index in [2.05, 4.69) is 99.6 Å². The third-order valence-electron chi connectivity index (χ3n) is 4.79. The van der Waals surface area contributed by atoms with Crippen molar-refractivity contribution < 1.29 is 0 Å². The van der Waals surface area contributed by atoms with Gasteiger partial charge in [-0.25, -0.2) is 0 Å². The summed E-state index contributed by atoms with van der Waals surface area (Å²) >= 11 is 0. The van der Waals surface area contributed by atoms with Crippen LogP contribution < -0.4 is 0 Å². The molecule has 0 aliphatic heterocycles. The molecule has 0 fully saturated rings. The van der Waals surface area contributed by atoms with E-state index in [4.69, 9.17) is 0 Å². The van der Waals surface area contributed by atoms with E-state index >= 15 is 0 Å². The fraction of sp³-hybridized carbons (Fsp3) is 0.167. The Kier molecular flexibility index (Phi) is 3.42. The van der Waals surface area contributed by atoms with Crippen LogP contribution >= 0.6 is 0 Å². The summed E-state index contributed by atoms with van der Waals surface area (Å²) in [4.78, 5) is 0.